The highest BCUT2D eigenvalue weighted by Gasteiger charge is 1.96. The number of esters is 1. The molecule has 0 aliphatic rings. The lowest BCUT2D eigenvalue weighted by Crippen LogP contribution is -2.02. The average molecular weight is 233 g/mol. The van der Waals surface area contributed by atoms with Crippen LogP contribution in [0.1, 0.15) is 38.3 Å². The molecule has 0 saturated heterocycles. The molecule has 17 heavy (non-hydrogen) atoms. The van der Waals surface area contributed by atoms with Crippen LogP contribution in [0.2, 0.25) is 0 Å². The topological polar surface area (TPSA) is 39.2 Å². The SMILES string of the molecule is CCCCCCOC(=O)C=Cc1ccccn1. The van der Waals surface area contributed by atoms with E-state index in [1.54, 1.807) is 12.3 Å². The number of carbonyl (C=O) groups excluding carboxylic acids is 1. The summed E-state index contributed by atoms with van der Waals surface area (Å²) in [7, 11) is 0. The Morgan fingerprint density at radius 3 is 2.94 bits per heavy atom. The van der Waals surface area contributed by atoms with Gasteiger partial charge < -0.3 is 4.74 Å². The molecule has 0 saturated carbocycles. The monoisotopic (exact) mass is 233 g/mol. The lowest BCUT2D eigenvalue weighted by molar-refractivity contribution is -0.137. The third-order valence-electron chi connectivity index (χ3n) is 2.32. The summed E-state index contributed by atoms with van der Waals surface area (Å²) in [5.74, 6) is -0.299. The first-order valence-electron chi connectivity index (χ1n) is 6.09. The van der Waals surface area contributed by atoms with Crippen LogP contribution in [0, 0.1) is 0 Å². The van der Waals surface area contributed by atoms with Crippen molar-refractivity contribution < 1.29 is 9.53 Å². The minimum absolute atomic E-state index is 0.299. The molecule has 1 aromatic rings. The lowest BCUT2D eigenvalue weighted by Gasteiger charge is -2.00. The molecule has 0 unspecified atom stereocenters. The average Bonchev–Trinajstić information content (AvgIpc) is 2.37. The Bertz CT molecular complexity index is 346. The van der Waals surface area contributed by atoms with Crippen LogP contribution in [0.5, 0.6) is 0 Å². The van der Waals surface area contributed by atoms with Gasteiger partial charge >= 0.3 is 5.97 Å². The molecule has 0 bridgehead atoms. The molecule has 0 N–H and O–H groups in total. The van der Waals surface area contributed by atoms with Crippen LogP contribution in [-0.2, 0) is 9.53 Å². The van der Waals surface area contributed by atoms with Gasteiger partial charge in [0.05, 0.1) is 12.3 Å². The van der Waals surface area contributed by atoms with E-state index in [9.17, 15) is 4.79 Å². The summed E-state index contributed by atoms with van der Waals surface area (Å²) in [6.45, 7) is 2.66. The second kappa shape index (κ2) is 8.50. The van der Waals surface area contributed by atoms with E-state index in [1.165, 1.54) is 18.9 Å². The first-order valence-corrected chi connectivity index (χ1v) is 6.09. The highest BCUT2D eigenvalue weighted by Crippen LogP contribution is 2.00. The van der Waals surface area contributed by atoms with Crippen molar-refractivity contribution in [3.05, 3.63) is 36.2 Å². The molecule has 3 heteroatoms. The van der Waals surface area contributed by atoms with E-state index in [-0.39, 0.29) is 5.97 Å². The molecule has 0 aromatic carbocycles. The summed E-state index contributed by atoms with van der Waals surface area (Å²) in [4.78, 5) is 15.4. The Morgan fingerprint density at radius 1 is 1.35 bits per heavy atom. The molecule has 0 aliphatic heterocycles. The highest BCUT2D eigenvalue weighted by atomic mass is 16.5. The summed E-state index contributed by atoms with van der Waals surface area (Å²) in [6.07, 6.45) is 9.21. The zero-order valence-corrected chi connectivity index (χ0v) is 10.3. The molecular formula is C14H19NO2. The lowest BCUT2D eigenvalue weighted by atomic mass is 10.2. The van der Waals surface area contributed by atoms with Crippen LogP contribution in [0.4, 0.5) is 0 Å². The zero-order valence-electron chi connectivity index (χ0n) is 10.3. The summed E-state index contributed by atoms with van der Waals surface area (Å²) in [6, 6.07) is 5.55. The Balaban J connectivity index is 2.19. The Labute approximate surface area is 103 Å². The second-order valence-corrected chi connectivity index (χ2v) is 3.82. The van der Waals surface area contributed by atoms with Crippen LogP contribution in [0.15, 0.2) is 30.5 Å². The Morgan fingerprint density at radius 2 is 2.24 bits per heavy atom. The molecule has 1 aromatic heterocycles. The Kier molecular flexibility index (Phi) is 6.72. The third-order valence-corrected chi connectivity index (χ3v) is 2.32. The number of carbonyl (C=O) groups is 1. The van der Waals surface area contributed by atoms with Gasteiger partial charge in [-0.15, -0.1) is 0 Å². The number of rotatable bonds is 7. The number of hydrogen-bond donors (Lipinski definition) is 0. The highest BCUT2D eigenvalue weighted by molar-refractivity contribution is 5.86. The summed E-state index contributed by atoms with van der Waals surface area (Å²) in [5.41, 5.74) is 0.760. The smallest absolute Gasteiger partial charge is 0.330 e. The van der Waals surface area contributed by atoms with Crippen molar-refractivity contribution in [2.45, 2.75) is 32.6 Å². The van der Waals surface area contributed by atoms with Gasteiger partial charge in [0, 0.05) is 12.3 Å². The number of aromatic nitrogens is 1. The summed E-state index contributed by atoms with van der Waals surface area (Å²) in [5, 5.41) is 0. The molecule has 0 radical (unpaired) electrons. The summed E-state index contributed by atoms with van der Waals surface area (Å²) >= 11 is 0. The van der Waals surface area contributed by atoms with Crippen molar-refractivity contribution in [3.8, 4) is 0 Å². The molecule has 1 heterocycles. The van der Waals surface area contributed by atoms with Crippen LogP contribution in [0.25, 0.3) is 6.08 Å². The zero-order chi connectivity index (χ0) is 12.3. The maximum atomic E-state index is 11.3. The molecule has 3 nitrogen and oxygen atoms in total. The van der Waals surface area contributed by atoms with Gasteiger partial charge in [-0.05, 0) is 24.6 Å². The van der Waals surface area contributed by atoms with Gasteiger partial charge in [0.1, 0.15) is 0 Å². The summed E-state index contributed by atoms with van der Waals surface area (Å²) < 4.78 is 5.06. The number of pyridine rings is 1. The van der Waals surface area contributed by atoms with Gasteiger partial charge in [-0.25, -0.2) is 4.79 Å². The molecule has 0 fully saturated rings. The van der Waals surface area contributed by atoms with Crippen molar-refractivity contribution in [1.29, 1.82) is 0 Å². The first-order chi connectivity index (χ1) is 8.33. The number of ether oxygens (including phenoxy) is 1. The van der Waals surface area contributed by atoms with E-state index >= 15 is 0 Å². The predicted molar refractivity (Wildman–Crippen MR) is 68.4 cm³/mol. The first kappa shape index (κ1) is 13.4. The molecule has 0 spiro atoms. The molecular weight excluding hydrogens is 214 g/mol. The van der Waals surface area contributed by atoms with E-state index in [2.05, 4.69) is 11.9 Å². The number of nitrogens with zero attached hydrogens (tertiary/aromatic N) is 1. The Hall–Kier alpha value is -1.64. The van der Waals surface area contributed by atoms with Crippen LogP contribution in [-0.4, -0.2) is 17.6 Å². The van der Waals surface area contributed by atoms with E-state index in [4.69, 9.17) is 4.74 Å². The van der Waals surface area contributed by atoms with Gasteiger partial charge in [0.25, 0.3) is 0 Å². The van der Waals surface area contributed by atoms with Crippen LogP contribution in [0.3, 0.4) is 0 Å². The quantitative estimate of drug-likeness (QED) is 0.412. The minimum Gasteiger partial charge on any atom is -0.463 e. The minimum atomic E-state index is -0.299. The van der Waals surface area contributed by atoms with Crippen molar-refractivity contribution >= 4 is 12.0 Å². The number of unbranched alkanes of at least 4 members (excludes halogenated alkanes) is 3. The number of hydrogen-bond acceptors (Lipinski definition) is 3. The molecule has 0 aliphatic carbocycles. The third kappa shape index (κ3) is 6.51. The van der Waals surface area contributed by atoms with Gasteiger partial charge in [-0.2, -0.15) is 0 Å². The second-order valence-electron chi connectivity index (χ2n) is 3.82. The fourth-order valence-corrected chi connectivity index (χ4v) is 1.38. The van der Waals surface area contributed by atoms with Gasteiger partial charge in [-0.1, -0.05) is 32.3 Å². The molecule has 92 valence electrons. The normalized spacial score (nSPS) is 10.6. The van der Waals surface area contributed by atoms with Crippen LogP contribution >= 0.6 is 0 Å². The maximum Gasteiger partial charge on any atom is 0.330 e. The van der Waals surface area contributed by atoms with Crippen molar-refractivity contribution in [3.63, 3.8) is 0 Å². The largest absolute Gasteiger partial charge is 0.463 e. The van der Waals surface area contributed by atoms with Crippen LogP contribution < -0.4 is 0 Å². The molecule has 1 rings (SSSR count). The van der Waals surface area contributed by atoms with Crippen molar-refractivity contribution in [2.75, 3.05) is 6.61 Å². The van der Waals surface area contributed by atoms with Crippen molar-refractivity contribution in [2.24, 2.45) is 0 Å². The van der Waals surface area contributed by atoms with Gasteiger partial charge in [0.2, 0.25) is 0 Å². The van der Waals surface area contributed by atoms with E-state index < -0.39 is 0 Å². The fraction of sp³-hybridized carbons (Fsp3) is 0.429. The fourth-order valence-electron chi connectivity index (χ4n) is 1.38. The standard InChI is InChI=1S/C14H19NO2/c1-2-3-4-7-12-17-14(16)10-9-13-8-5-6-11-15-13/h5-6,8-11H,2-4,7,12H2,1H3. The maximum absolute atomic E-state index is 11.3. The molecule has 0 atom stereocenters. The predicted octanol–water partition coefficient (Wildman–Crippen LogP) is 3.22. The van der Waals surface area contributed by atoms with Gasteiger partial charge in [0.15, 0.2) is 0 Å². The van der Waals surface area contributed by atoms with E-state index in [1.807, 2.05) is 18.2 Å². The van der Waals surface area contributed by atoms with E-state index in [0.717, 1.165) is 18.5 Å². The van der Waals surface area contributed by atoms with Crippen molar-refractivity contribution in [1.82, 2.24) is 4.98 Å². The van der Waals surface area contributed by atoms with E-state index in [0.29, 0.717) is 6.61 Å². The molecule has 0 amide bonds. The van der Waals surface area contributed by atoms with Gasteiger partial charge in [-0.3, -0.25) is 4.98 Å².